The number of ketones is 1. The van der Waals surface area contributed by atoms with E-state index in [0.717, 1.165) is 5.56 Å². The van der Waals surface area contributed by atoms with E-state index in [1.165, 1.54) is 27.4 Å². The number of carbonyl (C=O) groups is 2. The molecule has 0 spiro atoms. The van der Waals surface area contributed by atoms with Crippen molar-refractivity contribution in [2.45, 2.75) is 0 Å². The van der Waals surface area contributed by atoms with Crippen molar-refractivity contribution in [2.75, 3.05) is 21.3 Å². The smallest absolute Gasteiger partial charge is 0.351 e. The molecule has 0 atom stereocenters. The normalized spacial score (nSPS) is 10.5. The van der Waals surface area contributed by atoms with Crippen molar-refractivity contribution in [2.24, 2.45) is 0 Å². The van der Waals surface area contributed by atoms with E-state index >= 15 is 0 Å². The van der Waals surface area contributed by atoms with Crippen LogP contribution in [0.4, 0.5) is 0 Å². The molecule has 0 bridgehead atoms. The molecule has 0 aromatic heterocycles. The van der Waals surface area contributed by atoms with Crippen LogP contribution in [0.25, 0.3) is 6.08 Å². The first-order chi connectivity index (χ1) is 15.1. The number of ether oxygens (including phenoxy) is 4. The van der Waals surface area contributed by atoms with Gasteiger partial charge in [-0.3, -0.25) is 4.79 Å². The third-order valence-corrected chi connectivity index (χ3v) is 4.51. The summed E-state index contributed by atoms with van der Waals surface area (Å²) < 4.78 is 21.4. The fourth-order valence-corrected chi connectivity index (χ4v) is 2.95. The molecular weight excluding hydrogens is 396 g/mol. The lowest BCUT2D eigenvalue weighted by Gasteiger charge is -2.14. The van der Waals surface area contributed by atoms with Crippen molar-refractivity contribution in [3.63, 3.8) is 0 Å². The monoisotopic (exact) mass is 418 g/mol. The Kier molecular flexibility index (Phi) is 7.06. The minimum absolute atomic E-state index is 0.113. The van der Waals surface area contributed by atoms with E-state index in [2.05, 4.69) is 0 Å². The van der Waals surface area contributed by atoms with Crippen molar-refractivity contribution in [1.82, 2.24) is 0 Å². The second kappa shape index (κ2) is 10.1. The molecular formula is C25H22O6. The molecule has 0 fully saturated rings. The van der Waals surface area contributed by atoms with E-state index in [1.807, 2.05) is 18.2 Å². The Morgan fingerprint density at radius 2 is 1.35 bits per heavy atom. The molecule has 6 heteroatoms. The van der Waals surface area contributed by atoms with Crippen LogP contribution in [0.3, 0.4) is 0 Å². The fourth-order valence-electron chi connectivity index (χ4n) is 2.95. The molecule has 31 heavy (non-hydrogen) atoms. The van der Waals surface area contributed by atoms with Gasteiger partial charge in [0, 0.05) is 5.56 Å². The lowest BCUT2D eigenvalue weighted by atomic mass is 10.1. The van der Waals surface area contributed by atoms with Gasteiger partial charge in [-0.15, -0.1) is 0 Å². The molecule has 3 aromatic carbocycles. The summed E-state index contributed by atoms with van der Waals surface area (Å²) in [6, 6.07) is 19.0. The summed E-state index contributed by atoms with van der Waals surface area (Å²) in [5.41, 5.74) is 1.49. The average molecular weight is 418 g/mol. The second-order valence-corrected chi connectivity index (χ2v) is 6.40. The number of hydrogen-bond acceptors (Lipinski definition) is 6. The Morgan fingerprint density at radius 1 is 0.710 bits per heavy atom. The van der Waals surface area contributed by atoms with Crippen LogP contribution in [0.1, 0.15) is 26.3 Å². The molecule has 0 N–H and O–H groups in total. The summed E-state index contributed by atoms with van der Waals surface area (Å²) in [7, 11) is 4.40. The number of carbonyl (C=O) groups excluding carboxylic acids is 2. The predicted octanol–water partition coefficient (Wildman–Crippen LogP) is 4.83. The number of benzene rings is 3. The topological polar surface area (TPSA) is 71.1 Å². The number of hydrogen-bond donors (Lipinski definition) is 0. The van der Waals surface area contributed by atoms with Crippen LogP contribution in [0, 0.1) is 0 Å². The van der Waals surface area contributed by atoms with Gasteiger partial charge in [0.15, 0.2) is 17.3 Å². The number of allylic oxidation sites excluding steroid dienone is 1. The summed E-state index contributed by atoms with van der Waals surface area (Å²) in [5.74, 6) is 0.488. The minimum Gasteiger partial charge on any atom is -0.496 e. The van der Waals surface area contributed by atoms with Gasteiger partial charge in [0.05, 0.1) is 21.3 Å². The highest BCUT2D eigenvalue weighted by molar-refractivity contribution is 6.06. The average Bonchev–Trinajstić information content (AvgIpc) is 2.82. The molecule has 0 saturated carbocycles. The van der Waals surface area contributed by atoms with E-state index in [4.69, 9.17) is 18.9 Å². The summed E-state index contributed by atoms with van der Waals surface area (Å²) in [4.78, 5) is 25.1. The van der Waals surface area contributed by atoms with E-state index in [1.54, 1.807) is 54.6 Å². The van der Waals surface area contributed by atoms with E-state index < -0.39 is 5.97 Å². The van der Waals surface area contributed by atoms with Crippen LogP contribution in [0.5, 0.6) is 23.0 Å². The Labute approximate surface area is 180 Å². The van der Waals surface area contributed by atoms with Gasteiger partial charge in [-0.1, -0.05) is 48.5 Å². The first kappa shape index (κ1) is 21.6. The quantitative estimate of drug-likeness (QED) is 0.226. The lowest BCUT2D eigenvalue weighted by molar-refractivity contribution is 0.0722. The Hall–Kier alpha value is -4.06. The maximum atomic E-state index is 12.8. The third kappa shape index (κ3) is 5.11. The third-order valence-electron chi connectivity index (χ3n) is 4.51. The Morgan fingerprint density at radius 3 is 1.97 bits per heavy atom. The molecule has 3 rings (SSSR count). The van der Waals surface area contributed by atoms with Gasteiger partial charge >= 0.3 is 5.97 Å². The zero-order valence-corrected chi connectivity index (χ0v) is 17.5. The highest BCUT2D eigenvalue weighted by Crippen LogP contribution is 2.33. The molecule has 0 amide bonds. The van der Waals surface area contributed by atoms with Crippen LogP contribution in [0.15, 0.2) is 72.8 Å². The highest BCUT2D eigenvalue weighted by Gasteiger charge is 2.21. The Balaban J connectivity index is 1.82. The summed E-state index contributed by atoms with van der Waals surface area (Å²) >= 11 is 0. The number of methoxy groups -OCH3 is 3. The number of esters is 1. The van der Waals surface area contributed by atoms with Gasteiger partial charge in [0.25, 0.3) is 0 Å². The van der Waals surface area contributed by atoms with Crippen molar-refractivity contribution >= 4 is 17.8 Å². The number of rotatable bonds is 8. The van der Waals surface area contributed by atoms with Gasteiger partial charge in [-0.2, -0.15) is 0 Å². The van der Waals surface area contributed by atoms with Crippen LogP contribution in [0.2, 0.25) is 0 Å². The lowest BCUT2D eigenvalue weighted by Crippen LogP contribution is -2.12. The molecule has 0 heterocycles. The van der Waals surface area contributed by atoms with Gasteiger partial charge < -0.3 is 18.9 Å². The molecule has 0 aliphatic carbocycles. The van der Waals surface area contributed by atoms with Gasteiger partial charge in [0.1, 0.15) is 17.1 Å². The molecule has 0 saturated heterocycles. The predicted molar refractivity (Wildman–Crippen MR) is 117 cm³/mol. The van der Waals surface area contributed by atoms with E-state index in [0.29, 0.717) is 22.8 Å². The zero-order valence-electron chi connectivity index (χ0n) is 17.5. The Bertz CT molecular complexity index is 1080. The molecule has 0 unspecified atom stereocenters. The fraction of sp³-hybridized carbons (Fsp3) is 0.120. The van der Waals surface area contributed by atoms with Gasteiger partial charge in [-0.05, 0) is 35.9 Å². The standard InChI is InChI=1S/C25H22O6/c1-28-21-10-7-11-22(29-2)24(21)25(27)31-20-15-13-17(16-23(20)30-3)12-14-19(26)18-8-5-4-6-9-18/h4-16H,1-3H3. The summed E-state index contributed by atoms with van der Waals surface area (Å²) in [6.45, 7) is 0. The molecule has 6 nitrogen and oxygen atoms in total. The molecule has 0 aliphatic rings. The van der Waals surface area contributed by atoms with Crippen LogP contribution in [-0.4, -0.2) is 33.1 Å². The van der Waals surface area contributed by atoms with Crippen LogP contribution >= 0.6 is 0 Å². The minimum atomic E-state index is -0.643. The van der Waals surface area contributed by atoms with Crippen molar-refractivity contribution in [1.29, 1.82) is 0 Å². The highest BCUT2D eigenvalue weighted by atomic mass is 16.6. The first-order valence-corrected chi connectivity index (χ1v) is 9.46. The van der Waals surface area contributed by atoms with E-state index in [-0.39, 0.29) is 17.1 Å². The first-order valence-electron chi connectivity index (χ1n) is 9.46. The molecule has 3 aromatic rings. The molecule has 0 radical (unpaired) electrons. The van der Waals surface area contributed by atoms with Crippen molar-refractivity contribution in [3.8, 4) is 23.0 Å². The maximum Gasteiger partial charge on any atom is 0.351 e. The van der Waals surface area contributed by atoms with Gasteiger partial charge in [-0.25, -0.2) is 4.79 Å². The summed E-state index contributed by atoms with van der Waals surface area (Å²) in [6.07, 6.45) is 3.15. The van der Waals surface area contributed by atoms with Crippen LogP contribution < -0.4 is 18.9 Å². The summed E-state index contributed by atoms with van der Waals surface area (Å²) in [5, 5.41) is 0. The zero-order chi connectivity index (χ0) is 22.2. The van der Waals surface area contributed by atoms with Crippen LogP contribution in [-0.2, 0) is 0 Å². The van der Waals surface area contributed by atoms with Crippen molar-refractivity contribution < 1.29 is 28.5 Å². The van der Waals surface area contributed by atoms with Crippen molar-refractivity contribution in [3.05, 3.63) is 89.5 Å². The molecule has 0 aliphatic heterocycles. The SMILES string of the molecule is COc1cc(C=CC(=O)c2ccccc2)ccc1OC(=O)c1c(OC)cccc1OC. The van der Waals surface area contributed by atoms with Gasteiger partial charge in [0.2, 0.25) is 0 Å². The maximum absolute atomic E-state index is 12.8. The van der Waals surface area contributed by atoms with E-state index in [9.17, 15) is 9.59 Å². The second-order valence-electron chi connectivity index (χ2n) is 6.40. The largest absolute Gasteiger partial charge is 0.496 e. The molecule has 158 valence electrons.